The summed E-state index contributed by atoms with van der Waals surface area (Å²) in [4.78, 5) is 7.30. The number of hydrogen-bond acceptors (Lipinski definition) is 3. The highest BCUT2D eigenvalue weighted by atomic mass is 19.1. The first-order chi connectivity index (χ1) is 12.8. The Morgan fingerprint density at radius 1 is 0.846 bits per heavy atom. The van der Waals surface area contributed by atoms with Crippen molar-refractivity contribution >= 4 is 11.8 Å². The Labute approximate surface area is 155 Å². The predicted octanol–water partition coefficient (Wildman–Crippen LogP) is 3.82. The first kappa shape index (κ1) is 17.1. The monoisotopic (exact) mass is 351 g/mol. The van der Waals surface area contributed by atoms with E-state index < -0.39 is 0 Å². The molecule has 2 heterocycles. The van der Waals surface area contributed by atoms with Gasteiger partial charge in [-0.3, -0.25) is 4.90 Å². The minimum Gasteiger partial charge on any atom is -0.373 e. The van der Waals surface area contributed by atoms with Crippen LogP contribution < -0.4 is 4.90 Å². The van der Waals surface area contributed by atoms with Crippen molar-refractivity contribution in [3.63, 3.8) is 0 Å². The van der Waals surface area contributed by atoms with Crippen LogP contribution in [0.3, 0.4) is 0 Å². The van der Waals surface area contributed by atoms with E-state index in [2.05, 4.69) is 51.2 Å². The van der Waals surface area contributed by atoms with Gasteiger partial charge in [-0.25, -0.2) is 4.39 Å². The minimum atomic E-state index is -0.165. The Kier molecular flexibility index (Phi) is 5.21. The molecule has 4 heteroatoms. The van der Waals surface area contributed by atoms with E-state index in [1.54, 1.807) is 12.1 Å². The lowest BCUT2D eigenvalue weighted by Crippen LogP contribution is -2.47. The van der Waals surface area contributed by atoms with E-state index in [-0.39, 0.29) is 5.82 Å². The highest BCUT2D eigenvalue weighted by molar-refractivity contribution is 5.55. The quantitative estimate of drug-likeness (QED) is 0.811. The molecule has 136 valence electrons. The van der Waals surface area contributed by atoms with E-state index in [1.807, 2.05) is 12.1 Å². The SMILES string of the molecule is Fc1ccc(N2CCN(CCCN3C=Cc4ccccc4C3)CC2)cc1. The minimum absolute atomic E-state index is 0.165. The van der Waals surface area contributed by atoms with Crippen LogP contribution in [0.2, 0.25) is 0 Å². The molecule has 0 atom stereocenters. The highest BCUT2D eigenvalue weighted by Gasteiger charge is 2.17. The number of nitrogens with zero attached hydrogens (tertiary/aromatic N) is 3. The van der Waals surface area contributed by atoms with Gasteiger partial charge in [-0.1, -0.05) is 24.3 Å². The average molecular weight is 351 g/mol. The fraction of sp³-hybridized carbons (Fsp3) is 0.364. The first-order valence-electron chi connectivity index (χ1n) is 9.51. The molecule has 0 radical (unpaired) electrons. The van der Waals surface area contributed by atoms with E-state index in [0.717, 1.165) is 51.5 Å². The largest absolute Gasteiger partial charge is 0.373 e. The lowest BCUT2D eigenvalue weighted by atomic mass is 10.0. The van der Waals surface area contributed by atoms with E-state index in [1.165, 1.54) is 17.5 Å². The van der Waals surface area contributed by atoms with Crippen LogP contribution in [-0.2, 0) is 6.54 Å². The molecular weight excluding hydrogens is 325 g/mol. The molecule has 1 fully saturated rings. The third-order valence-corrected chi connectivity index (χ3v) is 5.38. The highest BCUT2D eigenvalue weighted by Crippen LogP contribution is 2.20. The number of rotatable bonds is 5. The maximum atomic E-state index is 13.1. The Morgan fingerprint density at radius 2 is 1.62 bits per heavy atom. The van der Waals surface area contributed by atoms with Crippen LogP contribution in [0.25, 0.3) is 6.08 Å². The lowest BCUT2D eigenvalue weighted by Gasteiger charge is -2.36. The van der Waals surface area contributed by atoms with E-state index in [4.69, 9.17) is 0 Å². The van der Waals surface area contributed by atoms with Gasteiger partial charge >= 0.3 is 0 Å². The fourth-order valence-corrected chi connectivity index (χ4v) is 3.83. The summed E-state index contributed by atoms with van der Waals surface area (Å²) >= 11 is 0. The number of piperazine rings is 1. The number of benzene rings is 2. The van der Waals surface area contributed by atoms with Crippen LogP contribution in [0, 0.1) is 5.82 Å². The zero-order chi connectivity index (χ0) is 17.8. The Bertz CT molecular complexity index is 748. The second-order valence-electron chi connectivity index (χ2n) is 7.14. The van der Waals surface area contributed by atoms with Crippen LogP contribution in [0.4, 0.5) is 10.1 Å². The normalized spacial score (nSPS) is 17.4. The summed E-state index contributed by atoms with van der Waals surface area (Å²) in [6, 6.07) is 15.5. The third-order valence-electron chi connectivity index (χ3n) is 5.38. The second kappa shape index (κ2) is 7.92. The van der Waals surface area contributed by atoms with Crippen molar-refractivity contribution in [2.75, 3.05) is 44.2 Å². The van der Waals surface area contributed by atoms with Crippen molar-refractivity contribution in [3.05, 3.63) is 71.7 Å². The molecule has 0 aliphatic carbocycles. The molecule has 0 aromatic heterocycles. The fourth-order valence-electron chi connectivity index (χ4n) is 3.83. The number of fused-ring (bicyclic) bond motifs is 1. The summed E-state index contributed by atoms with van der Waals surface area (Å²) in [6.07, 6.45) is 5.64. The summed E-state index contributed by atoms with van der Waals surface area (Å²) in [5, 5.41) is 0. The van der Waals surface area contributed by atoms with Crippen molar-refractivity contribution in [2.45, 2.75) is 13.0 Å². The zero-order valence-corrected chi connectivity index (χ0v) is 15.1. The lowest BCUT2D eigenvalue weighted by molar-refractivity contribution is 0.238. The summed E-state index contributed by atoms with van der Waals surface area (Å²) in [5.41, 5.74) is 3.90. The molecule has 4 rings (SSSR count). The summed E-state index contributed by atoms with van der Waals surface area (Å²) in [6.45, 7) is 7.45. The van der Waals surface area contributed by atoms with Crippen LogP contribution in [-0.4, -0.2) is 49.1 Å². The molecular formula is C22H26FN3. The van der Waals surface area contributed by atoms with Crippen molar-refractivity contribution in [3.8, 4) is 0 Å². The predicted molar refractivity (Wildman–Crippen MR) is 106 cm³/mol. The molecule has 2 aliphatic heterocycles. The Balaban J connectivity index is 1.19. The Morgan fingerprint density at radius 3 is 2.42 bits per heavy atom. The number of hydrogen-bond donors (Lipinski definition) is 0. The van der Waals surface area contributed by atoms with E-state index >= 15 is 0 Å². The molecule has 0 saturated carbocycles. The molecule has 0 spiro atoms. The van der Waals surface area contributed by atoms with Gasteiger partial charge in [0.1, 0.15) is 5.82 Å². The average Bonchev–Trinajstić information content (AvgIpc) is 2.69. The Hall–Kier alpha value is -2.33. The molecule has 0 bridgehead atoms. The van der Waals surface area contributed by atoms with Gasteiger partial charge in [0, 0.05) is 45.0 Å². The zero-order valence-electron chi connectivity index (χ0n) is 15.1. The molecule has 2 aromatic rings. The first-order valence-corrected chi connectivity index (χ1v) is 9.51. The van der Waals surface area contributed by atoms with Crippen molar-refractivity contribution < 1.29 is 4.39 Å². The molecule has 1 saturated heterocycles. The molecule has 2 aromatic carbocycles. The van der Waals surface area contributed by atoms with Gasteiger partial charge in [0.2, 0.25) is 0 Å². The summed E-state index contributed by atoms with van der Waals surface area (Å²) in [5.74, 6) is -0.165. The maximum absolute atomic E-state index is 13.1. The van der Waals surface area contributed by atoms with Gasteiger partial charge in [0.05, 0.1) is 0 Å². The van der Waals surface area contributed by atoms with E-state index in [9.17, 15) is 4.39 Å². The standard InChI is InChI=1S/C22H26FN3/c23-21-6-8-22(9-7-21)26-16-14-24(15-17-26)11-3-12-25-13-10-19-4-1-2-5-20(19)18-25/h1-2,4-10,13H,3,11-12,14-18H2. The summed E-state index contributed by atoms with van der Waals surface area (Å²) in [7, 11) is 0. The molecule has 0 amide bonds. The smallest absolute Gasteiger partial charge is 0.123 e. The van der Waals surface area contributed by atoms with Crippen molar-refractivity contribution in [1.82, 2.24) is 9.80 Å². The van der Waals surface area contributed by atoms with Crippen LogP contribution in [0.5, 0.6) is 0 Å². The van der Waals surface area contributed by atoms with Gasteiger partial charge in [-0.2, -0.15) is 0 Å². The molecule has 2 aliphatic rings. The molecule has 0 N–H and O–H groups in total. The van der Waals surface area contributed by atoms with Gasteiger partial charge in [-0.05, 0) is 60.6 Å². The van der Waals surface area contributed by atoms with Crippen LogP contribution in [0.1, 0.15) is 17.5 Å². The molecule has 3 nitrogen and oxygen atoms in total. The van der Waals surface area contributed by atoms with Crippen LogP contribution >= 0.6 is 0 Å². The summed E-state index contributed by atoms with van der Waals surface area (Å²) < 4.78 is 13.1. The maximum Gasteiger partial charge on any atom is 0.123 e. The number of halogens is 1. The molecule has 26 heavy (non-hydrogen) atoms. The van der Waals surface area contributed by atoms with Gasteiger partial charge in [0.15, 0.2) is 0 Å². The van der Waals surface area contributed by atoms with Crippen LogP contribution in [0.15, 0.2) is 54.7 Å². The van der Waals surface area contributed by atoms with Gasteiger partial charge < -0.3 is 9.80 Å². The van der Waals surface area contributed by atoms with Gasteiger partial charge in [0.25, 0.3) is 0 Å². The number of anilines is 1. The van der Waals surface area contributed by atoms with E-state index in [0.29, 0.717) is 0 Å². The van der Waals surface area contributed by atoms with Crippen molar-refractivity contribution in [2.24, 2.45) is 0 Å². The molecule has 0 unspecified atom stereocenters. The topological polar surface area (TPSA) is 9.72 Å². The van der Waals surface area contributed by atoms with Crippen molar-refractivity contribution in [1.29, 1.82) is 0 Å². The van der Waals surface area contributed by atoms with Gasteiger partial charge in [-0.15, -0.1) is 0 Å². The second-order valence-corrected chi connectivity index (χ2v) is 7.14. The third kappa shape index (κ3) is 4.07.